The normalized spacial score (nSPS) is 19.9. The van der Waals surface area contributed by atoms with Crippen LogP contribution in [0.1, 0.15) is 26.7 Å². The Morgan fingerprint density at radius 2 is 2.05 bits per heavy atom. The molecule has 1 fully saturated rings. The van der Waals surface area contributed by atoms with Crippen LogP contribution < -0.4 is 20.1 Å². The number of benzene rings is 1. The van der Waals surface area contributed by atoms with Crippen LogP contribution in [-0.2, 0) is 0 Å². The smallest absolute Gasteiger partial charge is 0.142 e. The zero-order valence-electron chi connectivity index (χ0n) is 13.6. The van der Waals surface area contributed by atoms with E-state index in [2.05, 4.69) is 24.8 Å². The molecular weight excluding hydrogens is 264 g/mol. The molecule has 1 aromatic carbocycles. The van der Waals surface area contributed by atoms with Gasteiger partial charge < -0.3 is 20.1 Å². The van der Waals surface area contributed by atoms with E-state index in [1.807, 2.05) is 12.1 Å². The number of hydrogen-bond acceptors (Lipinski definition) is 4. The Hall–Kier alpha value is -1.42. The summed E-state index contributed by atoms with van der Waals surface area (Å²) < 4.78 is 10.8. The molecule has 1 heterocycles. The van der Waals surface area contributed by atoms with Crippen molar-refractivity contribution in [2.24, 2.45) is 17.6 Å². The van der Waals surface area contributed by atoms with Crippen molar-refractivity contribution >= 4 is 5.69 Å². The second-order valence-electron chi connectivity index (χ2n) is 6.28. The second-order valence-corrected chi connectivity index (χ2v) is 6.28. The van der Waals surface area contributed by atoms with Gasteiger partial charge in [0.25, 0.3) is 0 Å². The SMILES string of the molecule is COc1ccc(OC)c(N2CCC(CC(N)C(C)C)C2)c1. The molecule has 0 saturated carbocycles. The van der Waals surface area contributed by atoms with Gasteiger partial charge in [-0.05, 0) is 36.8 Å². The van der Waals surface area contributed by atoms with E-state index in [9.17, 15) is 0 Å². The second kappa shape index (κ2) is 7.03. The molecule has 1 aromatic rings. The van der Waals surface area contributed by atoms with E-state index in [-0.39, 0.29) is 0 Å². The van der Waals surface area contributed by atoms with Crippen molar-refractivity contribution in [3.8, 4) is 11.5 Å². The zero-order chi connectivity index (χ0) is 15.4. The van der Waals surface area contributed by atoms with Gasteiger partial charge in [-0.2, -0.15) is 0 Å². The Morgan fingerprint density at radius 3 is 2.67 bits per heavy atom. The van der Waals surface area contributed by atoms with Gasteiger partial charge in [-0.15, -0.1) is 0 Å². The summed E-state index contributed by atoms with van der Waals surface area (Å²) in [5.74, 6) is 2.99. The first-order valence-electron chi connectivity index (χ1n) is 7.77. The van der Waals surface area contributed by atoms with E-state index < -0.39 is 0 Å². The third-order valence-electron chi connectivity index (χ3n) is 4.47. The van der Waals surface area contributed by atoms with Crippen LogP contribution >= 0.6 is 0 Å². The number of ether oxygens (including phenoxy) is 2. The number of nitrogens with zero attached hydrogens (tertiary/aromatic N) is 1. The van der Waals surface area contributed by atoms with Gasteiger partial charge in [0.1, 0.15) is 11.5 Å². The van der Waals surface area contributed by atoms with Crippen molar-refractivity contribution in [3.63, 3.8) is 0 Å². The average Bonchev–Trinajstić information content (AvgIpc) is 2.94. The Labute approximate surface area is 128 Å². The van der Waals surface area contributed by atoms with Crippen LogP contribution in [0.15, 0.2) is 18.2 Å². The molecule has 0 aromatic heterocycles. The summed E-state index contributed by atoms with van der Waals surface area (Å²) >= 11 is 0. The van der Waals surface area contributed by atoms with Gasteiger partial charge in [0.15, 0.2) is 0 Å². The van der Waals surface area contributed by atoms with Gasteiger partial charge in [0.05, 0.1) is 19.9 Å². The van der Waals surface area contributed by atoms with Gasteiger partial charge >= 0.3 is 0 Å². The van der Waals surface area contributed by atoms with Crippen LogP contribution in [0.25, 0.3) is 0 Å². The zero-order valence-corrected chi connectivity index (χ0v) is 13.6. The summed E-state index contributed by atoms with van der Waals surface area (Å²) in [6, 6.07) is 6.26. The van der Waals surface area contributed by atoms with Crippen LogP contribution in [0.2, 0.25) is 0 Å². The highest BCUT2D eigenvalue weighted by Crippen LogP contribution is 2.36. The largest absolute Gasteiger partial charge is 0.497 e. The first-order valence-corrected chi connectivity index (χ1v) is 7.77. The van der Waals surface area contributed by atoms with Gasteiger partial charge in [0.2, 0.25) is 0 Å². The molecule has 4 heteroatoms. The van der Waals surface area contributed by atoms with Gasteiger partial charge in [-0.25, -0.2) is 0 Å². The number of nitrogens with two attached hydrogens (primary N) is 1. The highest BCUT2D eigenvalue weighted by atomic mass is 16.5. The van der Waals surface area contributed by atoms with E-state index in [0.717, 1.165) is 36.7 Å². The van der Waals surface area contributed by atoms with Crippen molar-refractivity contribution in [2.45, 2.75) is 32.7 Å². The highest BCUT2D eigenvalue weighted by Gasteiger charge is 2.27. The molecule has 0 amide bonds. The van der Waals surface area contributed by atoms with Crippen molar-refractivity contribution < 1.29 is 9.47 Å². The number of hydrogen-bond donors (Lipinski definition) is 1. The molecule has 4 nitrogen and oxygen atoms in total. The summed E-state index contributed by atoms with van der Waals surface area (Å²) in [5, 5.41) is 0. The average molecular weight is 292 g/mol. The van der Waals surface area contributed by atoms with E-state index in [0.29, 0.717) is 17.9 Å². The van der Waals surface area contributed by atoms with Crippen molar-refractivity contribution in [3.05, 3.63) is 18.2 Å². The molecule has 1 saturated heterocycles. The fourth-order valence-electron chi connectivity index (χ4n) is 2.94. The van der Waals surface area contributed by atoms with Gasteiger partial charge in [0, 0.05) is 25.2 Å². The molecule has 0 bridgehead atoms. The minimum atomic E-state index is 0.294. The van der Waals surface area contributed by atoms with Gasteiger partial charge in [-0.1, -0.05) is 13.8 Å². The predicted octanol–water partition coefficient (Wildman–Crippen LogP) is 2.90. The molecule has 1 aliphatic heterocycles. The third kappa shape index (κ3) is 3.82. The Morgan fingerprint density at radius 1 is 1.29 bits per heavy atom. The number of rotatable bonds is 6. The lowest BCUT2D eigenvalue weighted by Gasteiger charge is -2.23. The topological polar surface area (TPSA) is 47.7 Å². The lowest BCUT2D eigenvalue weighted by atomic mass is 9.93. The summed E-state index contributed by atoms with van der Waals surface area (Å²) in [6.07, 6.45) is 2.29. The van der Waals surface area contributed by atoms with Crippen molar-refractivity contribution in [1.82, 2.24) is 0 Å². The summed E-state index contributed by atoms with van der Waals surface area (Å²) in [4.78, 5) is 2.39. The van der Waals surface area contributed by atoms with E-state index in [1.54, 1.807) is 14.2 Å². The Balaban J connectivity index is 2.06. The summed E-state index contributed by atoms with van der Waals surface area (Å²) in [7, 11) is 3.41. The van der Waals surface area contributed by atoms with Gasteiger partial charge in [-0.3, -0.25) is 0 Å². The maximum Gasteiger partial charge on any atom is 0.142 e. The van der Waals surface area contributed by atoms with Crippen LogP contribution in [0, 0.1) is 11.8 Å². The number of anilines is 1. The quantitative estimate of drug-likeness (QED) is 0.876. The van der Waals surface area contributed by atoms with Crippen LogP contribution in [0.4, 0.5) is 5.69 Å². The first-order chi connectivity index (χ1) is 10.0. The Bertz CT molecular complexity index is 462. The lowest BCUT2D eigenvalue weighted by molar-refractivity contribution is 0.390. The molecule has 118 valence electrons. The molecule has 2 unspecified atom stereocenters. The fraction of sp³-hybridized carbons (Fsp3) is 0.647. The maximum absolute atomic E-state index is 6.22. The number of methoxy groups -OCH3 is 2. The fourth-order valence-corrected chi connectivity index (χ4v) is 2.94. The van der Waals surface area contributed by atoms with Crippen LogP contribution in [-0.4, -0.2) is 33.4 Å². The molecule has 21 heavy (non-hydrogen) atoms. The van der Waals surface area contributed by atoms with E-state index >= 15 is 0 Å². The summed E-state index contributed by atoms with van der Waals surface area (Å²) in [5.41, 5.74) is 7.34. The molecule has 1 aliphatic rings. The van der Waals surface area contributed by atoms with E-state index in [1.165, 1.54) is 6.42 Å². The minimum Gasteiger partial charge on any atom is -0.497 e. The standard InChI is InChI=1S/C17H28N2O2/c1-12(2)15(18)9-13-7-8-19(11-13)16-10-14(20-3)5-6-17(16)21-4/h5-6,10,12-13,15H,7-9,11,18H2,1-4H3. The first kappa shape index (κ1) is 16.0. The van der Waals surface area contributed by atoms with Crippen LogP contribution in [0.3, 0.4) is 0 Å². The summed E-state index contributed by atoms with van der Waals surface area (Å²) in [6.45, 7) is 6.49. The molecular formula is C17H28N2O2. The monoisotopic (exact) mass is 292 g/mol. The molecule has 0 radical (unpaired) electrons. The third-order valence-corrected chi connectivity index (χ3v) is 4.47. The molecule has 0 spiro atoms. The molecule has 0 aliphatic carbocycles. The predicted molar refractivity (Wildman–Crippen MR) is 87.3 cm³/mol. The molecule has 2 rings (SSSR count). The highest BCUT2D eigenvalue weighted by molar-refractivity contribution is 5.62. The van der Waals surface area contributed by atoms with E-state index in [4.69, 9.17) is 15.2 Å². The maximum atomic E-state index is 6.22. The minimum absolute atomic E-state index is 0.294. The Kier molecular flexibility index (Phi) is 5.34. The lowest BCUT2D eigenvalue weighted by Crippen LogP contribution is -2.30. The molecule has 2 N–H and O–H groups in total. The van der Waals surface area contributed by atoms with Crippen molar-refractivity contribution in [1.29, 1.82) is 0 Å². The van der Waals surface area contributed by atoms with Crippen LogP contribution in [0.5, 0.6) is 11.5 Å². The van der Waals surface area contributed by atoms with Crippen molar-refractivity contribution in [2.75, 3.05) is 32.2 Å². The molecule has 2 atom stereocenters.